The predicted octanol–water partition coefficient (Wildman–Crippen LogP) is 4.51. The quantitative estimate of drug-likeness (QED) is 0.478. The maximum Gasteiger partial charge on any atom is 0.321 e. The summed E-state index contributed by atoms with van der Waals surface area (Å²) >= 11 is 1.85. The Kier molecular flexibility index (Phi) is 7.96. The Bertz CT molecular complexity index is 350. The molecule has 2 atom stereocenters. The minimum Gasteiger partial charge on any atom is -0.465 e. The molecule has 5 heteroatoms. The van der Waals surface area contributed by atoms with E-state index < -0.39 is 12.4 Å². The van der Waals surface area contributed by atoms with Gasteiger partial charge in [-0.25, -0.2) is 0 Å². The van der Waals surface area contributed by atoms with Crippen LogP contribution < -0.4 is 0 Å². The molecule has 0 aliphatic carbocycles. The molecular weight excluding hydrogens is 312 g/mol. The van der Waals surface area contributed by atoms with Crippen molar-refractivity contribution in [2.75, 3.05) is 19.0 Å². The van der Waals surface area contributed by atoms with Crippen molar-refractivity contribution in [3.8, 4) is 0 Å². The normalized spacial score (nSPS) is 26.2. The summed E-state index contributed by atoms with van der Waals surface area (Å²) in [6.07, 6.45) is 0.956. The number of carbonyl (C=O) groups is 1. The third kappa shape index (κ3) is 3.56. The van der Waals surface area contributed by atoms with E-state index in [-0.39, 0.29) is 12.1 Å². The van der Waals surface area contributed by atoms with Gasteiger partial charge < -0.3 is 9.47 Å². The topological polar surface area (TPSA) is 35.5 Å². The van der Waals surface area contributed by atoms with Crippen molar-refractivity contribution < 1.29 is 14.3 Å². The van der Waals surface area contributed by atoms with Crippen LogP contribution in [-0.4, -0.2) is 43.5 Å². The van der Waals surface area contributed by atoms with Gasteiger partial charge in [-0.15, -0.1) is 11.8 Å². The van der Waals surface area contributed by atoms with Gasteiger partial charge in [0.1, 0.15) is 4.37 Å². The molecule has 0 radical (unpaired) electrons. The van der Waals surface area contributed by atoms with Crippen LogP contribution in [0.5, 0.6) is 0 Å². The average molecular weight is 347 g/mol. The lowest BCUT2D eigenvalue weighted by atomic mass is 10.0. The van der Waals surface area contributed by atoms with Gasteiger partial charge in [-0.1, -0.05) is 52.8 Å². The van der Waals surface area contributed by atoms with Gasteiger partial charge in [-0.05, 0) is 19.3 Å². The van der Waals surface area contributed by atoms with E-state index in [1.54, 1.807) is 0 Å². The molecule has 1 aliphatic rings. The summed E-state index contributed by atoms with van der Waals surface area (Å²) in [6.45, 7) is 14.3. The summed E-state index contributed by atoms with van der Waals surface area (Å²) < 4.78 is 11.4. The number of thioether (sulfide) groups is 1. The smallest absolute Gasteiger partial charge is 0.321 e. The second kappa shape index (κ2) is 8.74. The first-order valence-electron chi connectivity index (χ1n) is 8.86. The van der Waals surface area contributed by atoms with Gasteiger partial charge in [-0.3, -0.25) is 4.79 Å². The molecule has 22 heavy (non-hydrogen) atoms. The molecular formula is C17H34O3SSi. The van der Waals surface area contributed by atoms with Crippen LogP contribution in [0.3, 0.4) is 0 Å². The van der Waals surface area contributed by atoms with Crippen molar-refractivity contribution in [1.82, 2.24) is 0 Å². The van der Waals surface area contributed by atoms with E-state index in [2.05, 4.69) is 34.6 Å². The third-order valence-electron chi connectivity index (χ3n) is 5.27. The molecule has 0 N–H and O–H groups in total. The fourth-order valence-electron chi connectivity index (χ4n) is 3.94. The van der Waals surface area contributed by atoms with Crippen molar-refractivity contribution in [2.24, 2.45) is 5.92 Å². The second-order valence-corrected chi connectivity index (χ2v) is 13.8. The minimum atomic E-state index is -1.83. The van der Waals surface area contributed by atoms with Gasteiger partial charge in [0.15, 0.2) is 0 Å². The van der Waals surface area contributed by atoms with E-state index >= 15 is 0 Å². The summed E-state index contributed by atoms with van der Waals surface area (Å²) in [6, 6.07) is 3.34. The summed E-state index contributed by atoms with van der Waals surface area (Å²) in [4.78, 5) is 13.1. The molecule has 0 bridgehead atoms. The zero-order valence-electron chi connectivity index (χ0n) is 15.2. The van der Waals surface area contributed by atoms with Gasteiger partial charge >= 0.3 is 5.97 Å². The number of hydrogen-bond donors (Lipinski definition) is 0. The molecule has 1 fully saturated rings. The molecule has 0 saturated carbocycles. The SMILES string of the molecule is CCOC(=O)[C@]1([Si](CC)(CC)CC)SCCO[C@H]1CC(C)C. The third-order valence-corrected chi connectivity index (χ3v) is 14.4. The van der Waals surface area contributed by atoms with Gasteiger partial charge in [0.2, 0.25) is 0 Å². The summed E-state index contributed by atoms with van der Waals surface area (Å²) in [5, 5.41) is 0. The molecule has 0 aromatic carbocycles. The standard InChI is InChI=1S/C17H34O3SSi/c1-7-19-16(18)17(22(8-2,9-3)10-4)15(13-14(5)6)20-11-12-21-17/h14-15H,7-13H2,1-6H3/t15-,17-/m0/s1. The predicted molar refractivity (Wildman–Crippen MR) is 98.2 cm³/mol. The van der Waals surface area contributed by atoms with Crippen LogP contribution in [0.4, 0.5) is 0 Å². The lowest BCUT2D eigenvalue weighted by Gasteiger charge is -2.52. The lowest BCUT2D eigenvalue weighted by molar-refractivity contribution is -0.148. The lowest BCUT2D eigenvalue weighted by Crippen LogP contribution is -2.69. The number of ether oxygens (including phenoxy) is 2. The molecule has 1 heterocycles. The Hall–Kier alpha value is -0.00312. The highest BCUT2D eigenvalue weighted by atomic mass is 32.2. The second-order valence-electron chi connectivity index (χ2n) is 6.63. The zero-order valence-corrected chi connectivity index (χ0v) is 17.1. The fraction of sp³-hybridized carbons (Fsp3) is 0.941. The Labute approximate surface area is 141 Å². The van der Waals surface area contributed by atoms with E-state index in [9.17, 15) is 4.79 Å². The molecule has 130 valence electrons. The van der Waals surface area contributed by atoms with Crippen LogP contribution in [0.15, 0.2) is 0 Å². The van der Waals surface area contributed by atoms with Crippen molar-refractivity contribution in [3.05, 3.63) is 0 Å². The van der Waals surface area contributed by atoms with E-state index in [1.165, 1.54) is 0 Å². The first-order chi connectivity index (χ1) is 10.4. The Morgan fingerprint density at radius 2 is 1.86 bits per heavy atom. The number of hydrogen-bond acceptors (Lipinski definition) is 4. The molecule has 0 spiro atoms. The van der Waals surface area contributed by atoms with Crippen LogP contribution >= 0.6 is 11.8 Å². The molecule has 1 rings (SSSR count). The average Bonchev–Trinajstić information content (AvgIpc) is 2.50. The molecule has 3 nitrogen and oxygen atoms in total. The first kappa shape index (κ1) is 20.0. The summed E-state index contributed by atoms with van der Waals surface area (Å²) in [5.41, 5.74) is 0. The monoisotopic (exact) mass is 346 g/mol. The van der Waals surface area contributed by atoms with Crippen molar-refractivity contribution in [3.63, 3.8) is 0 Å². The van der Waals surface area contributed by atoms with Gasteiger partial charge in [0.05, 0.1) is 27.4 Å². The molecule has 1 aliphatic heterocycles. The van der Waals surface area contributed by atoms with Crippen LogP contribution in [-0.2, 0) is 14.3 Å². The van der Waals surface area contributed by atoms with Gasteiger partial charge in [0, 0.05) is 5.75 Å². The molecule has 0 aromatic heterocycles. The van der Waals surface area contributed by atoms with Crippen molar-refractivity contribution >= 4 is 25.8 Å². The number of rotatable bonds is 8. The molecule has 0 aromatic rings. The maximum atomic E-state index is 13.1. The summed E-state index contributed by atoms with van der Waals surface area (Å²) in [7, 11) is -1.83. The number of carbonyl (C=O) groups excluding carboxylic acids is 1. The van der Waals surface area contributed by atoms with E-state index in [4.69, 9.17) is 9.47 Å². The largest absolute Gasteiger partial charge is 0.465 e. The highest BCUT2D eigenvalue weighted by molar-refractivity contribution is 8.03. The van der Waals surface area contributed by atoms with E-state index in [0.717, 1.165) is 36.9 Å². The first-order valence-corrected chi connectivity index (χ1v) is 12.5. The van der Waals surface area contributed by atoms with E-state index in [0.29, 0.717) is 12.5 Å². The van der Waals surface area contributed by atoms with Crippen LogP contribution in [0, 0.1) is 5.92 Å². The Morgan fingerprint density at radius 1 is 1.27 bits per heavy atom. The van der Waals surface area contributed by atoms with Crippen molar-refractivity contribution in [2.45, 2.75) is 76.6 Å². The Balaban J connectivity index is 3.37. The van der Waals surface area contributed by atoms with Crippen LogP contribution in [0.2, 0.25) is 18.1 Å². The van der Waals surface area contributed by atoms with Gasteiger partial charge in [0.25, 0.3) is 0 Å². The minimum absolute atomic E-state index is 0.00238. The van der Waals surface area contributed by atoms with Crippen molar-refractivity contribution in [1.29, 1.82) is 0 Å². The molecule has 0 unspecified atom stereocenters. The van der Waals surface area contributed by atoms with Crippen LogP contribution in [0.1, 0.15) is 48.0 Å². The number of esters is 1. The maximum absolute atomic E-state index is 13.1. The highest BCUT2D eigenvalue weighted by Crippen LogP contribution is 2.49. The van der Waals surface area contributed by atoms with E-state index in [1.807, 2.05) is 18.7 Å². The summed E-state index contributed by atoms with van der Waals surface area (Å²) in [5.74, 6) is 1.43. The highest BCUT2D eigenvalue weighted by Gasteiger charge is 2.62. The molecule has 0 amide bonds. The van der Waals surface area contributed by atoms with Gasteiger partial charge in [-0.2, -0.15) is 0 Å². The Morgan fingerprint density at radius 3 is 2.32 bits per heavy atom. The fourth-order valence-corrected chi connectivity index (χ4v) is 12.3. The zero-order chi connectivity index (χ0) is 16.8. The van der Waals surface area contributed by atoms with Crippen LogP contribution in [0.25, 0.3) is 0 Å². The molecule has 1 saturated heterocycles.